The van der Waals surface area contributed by atoms with Crippen LogP contribution in [0.3, 0.4) is 0 Å². The van der Waals surface area contributed by atoms with E-state index >= 15 is 0 Å². The summed E-state index contributed by atoms with van der Waals surface area (Å²) in [5.41, 5.74) is 0.535. The fourth-order valence-electron chi connectivity index (χ4n) is 2.12. The number of sulfonamides is 1. The molecule has 2 rings (SSSR count). The molecule has 2 aromatic carbocycles. The number of ether oxygens (including phenoxy) is 1. The molecule has 0 aliphatic heterocycles. The summed E-state index contributed by atoms with van der Waals surface area (Å²) < 4.78 is 44.9. The number of para-hydroxylation sites is 2. The predicted octanol–water partition coefficient (Wildman–Crippen LogP) is 2.92. The highest BCUT2D eigenvalue weighted by Crippen LogP contribution is 2.24. The monoisotopic (exact) mass is 380 g/mol. The van der Waals surface area contributed by atoms with Gasteiger partial charge in [-0.3, -0.25) is 4.79 Å². The predicted molar refractivity (Wildman–Crippen MR) is 97.1 cm³/mol. The van der Waals surface area contributed by atoms with Crippen LogP contribution in [0.4, 0.5) is 10.1 Å². The lowest BCUT2D eigenvalue weighted by atomic mass is 10.2. The van der Waals surface area contributed by atoms with Gasteiger partial charge in [0, 0.05) is 13.0 Å². The fraction of sp³-hybridized carbons (Fsp3) is 0.278. The summed E-state index contributed by atoms with van der Waals surface area (Å²) in [6.07, 6.45) is 0.788. The van der Waals surface area contributed by atoms with Crippen molar-refractivity contribution in [2.24, 2.45) is 0 Å². The van der Waals surface area contributed by atoms with Gasteiger partial charge in [0.2, 0.25) is 15.9 Å². The van der Waals surface area contributed by atoms with Crippen LogP contribution in [0.25, 0.3) is 0 Å². The van der Waals surface area contributed by atoms with Crippen molar-refractivity contribution < 1.29 is 22.3 Å². The van der Waals surface area contributed by atoms with E-state index in [1.807, 2.05) is 6.92 Å². The number of anilines is 1. The molecule has 26 heavy (non-hydrogen) atoms. The van der Waals surface area contributed by atoms with Crippen LogP contribution >= 0.6 is 0 Å². The zero-order chi connectivity index (χ0) is 19.0. The molecule has 0 unspecified atom stereocenters. The standard InChI is InChI=1S/C18H21FN2O4S/c1-2-13-25-17-6-4-3-5-16(17)21-18(22)11-12-20-26(23,24)15-9-7-14(19)8-10-15/h3-10,20H,2,11-13H2,1H3,(H,21,22). The summed E-state index contributed by atoms with van der Waals surface area (Å²) in [5, 5.41) is 2.70. The molecule has 0 radical (unpaired) electrons. The van der Waals surface area contributed by atoms with Gasteiger partial charge >= 0.3 is 0 Å². The van der Waals surface area contributed by atoms with E-state index in [0.29, 0.717) is 18.0 Å². The van der Waals surface area contributed by atoms with E-state index < -0.39 is 15.8 Å². The Morgan fingerprint density at radius 1 is 1.12 bits per heavy atom. The first-order valence-electron chi connectivity index (χ1n) is 8.19. The number of amides is 1. The molecule has 0 aliphatic rings. The second kappa shape index (κ2) is 9.30. The molecule has 0 aromatic heterocycles. The topological polar surface area (TPSA) is 84.5 Å². The molecule has 1 amide bonds. The molecule has 140 valence electrons. The molecule has 0 fully saturated rings. The maximum absolute atomic E-state index is 12.9. The zero-order valence-electron chi connectivity index (χ0n) is 14.4. The summed E-state index contributed by atoms with van der Waals surface area (Å²) in [7, 11) is -3.79. The third kappa shape index (κ3) is 5.82. The molecule has 0 heterocycles. The van der Waals surface area contributed by atoms with Crippen molar-refractivity contribution in [1.82, 2.24) is 4.72 Å². The van der Waals surface area contributed by atoms with E-state index in [4.69, 9.17) is 4.74 Å². The molecular weight excluding hydrogens is 359 g/mol. The zero-order valence-corrected chi connectivity index (χ0v) is 15.2. The van der Waals surface area contributed by atoms with Crippen LogP contribution in [0.1, 0.15) is 19.8 Å². The first kappa shape index (κ1) is 19.9. The molecule has 8 heteroatoms. The summed E-state index contributed by atoms with van der Waals surface area (Å²) in [5.74, 6) is -0.304. The molecule has 6 nitrogen and oxygen atoms in total. The van der Waals surface area contributed by atoms with E-state index in [1.54, 1.807) is 24.3 Å². The highest BCUT2D eigenvalue weighted by molar-refractivity contribution is 7.89. The normalized spacial score (nSPS) is 11.2. The van der Waals surface area contributed by atoms with Gasteiger partial charge in [0.05, 0.1) is 17.2 Å². The van der Waals surface area contributed by atoms with Crippen molar-refractivity contribution in [2.45, 2.75) is 24.7 Å². The smallest absolute Gasteiger partial charge is 0.240 e. The number of carbonyl (C=O) groups excluding carboxylic acids is 1. The molecular formula is C18H21FN2O4S. The fourth-order valence-corrected chi connectivity index (χ4v) is 3.15. The Morgan fingerprint density at radius 3 is 2.50 bits per heavy atom. The summed E-state index contributed by atoms with van der Waals surface area (Å²) in [6, 6.07) is 11.5. The number of halogens is 1. The number of nitrogens with one attached hydrogen (secondary N) is 2. The molecule has 2 N–H and O–H groups in total. The van der Waals surface area contributed by atoms with E-state index in [-0.39, 0.29) is 23.8 Å². The average Bonchev–Trinajstić information content (AvgIpc) is 2.61. The minimum atomic E-state index is -3.79. The SMILES string of the molecule is CCCOc1ccccc1NC(=O)CCNS(=O)(=O)c1ccc(F)cc1. The van der Waals surface area contributed by atoms with Gasteiger partial charge in [-0.05, 0) is 42.8 Å². The molecule has 2 aromatic rings. The Bertz CT molecular complexity index is 839. The lowest BCUT2D eigenvalue weighted by Gasteiger charge is -2.12. The number of rotatable bonds is 9. The van der Waals surface area contributed by atoms with Crippen molar-refractivity contribution in [3.8, 4) is 5.75 Å². The minimum absolute atomic E-state index is 0.0530. The summed E-state index contributed by atoms with van der Waals surface area (Å²) in [4.78, 5) is 12.0. The molecule has 0 bridgehead atoms. The van der Waals surface area contributed by atoms with Crippen LogP contribution in [0.2, 0.25) is 0 Å². The van der Waals surface area contributed by atoms with E-state index in [9.17, 15) is 17.6 Å². The molecule has 0 saturated heterocycles. The second-order valence-electron chi connectivity index (χ2n) is 5.49. The Hall–Kier alpha value is -2.45. The van der Waals surface area contributed by atoms with Gasteiger partial charge in [-0.15, -0.1) is 0 Å². The lowest BCUT2D eigenvalue weighted by molar-refractivity contribution is -0.116. The van der Waals surface area contributed by atoms with Crippen LogP contribution < -0.4 is 14.8 Å². The molecule has 0 atom stereocenters. The van der Waals surface area contributed by atoms with E-state index in [0.717, 1.165) is 18.6 Å². The second-order valence-corrected chi connectivity index (χ2v) is 7.26. The van der Waals surface area contributed by atoms with Gasteiger partial charge in [0.1, 0.15) is 11.6 Å². The van der Waals surface area contributed by atoms with E-state index in [1.165, 1.54) is 12.1 Å². The van der Waals surface area contributed by atoms with Gasteiger partial charge in [0.15, 0.2) is 0 Å². The number of benzene rings is 2. The lowest BCUT2D eigenvalue weighted by Crippen LogP contribution is -2.28. The Kier molecular flexibility index (Phi) is 7.11. The van der Waals surface area contributed by atoms with Gasteiger partial charge in [-0.25, -0.2) is 17.5 Å². The number of hydrogen-bond acceptors (Lipinski definition) is 4. The highest BCUT2D eigenvalue weighted by Gasteiger charge is 2.14. The maximum atomic E-state index is 12.9. The number of hydrogen-bond donors (Lipinski definition) is 2. The third-order valence-electron chi connectivity index (χ3n) is 3.39. The van der Waals surface area contributed by atoms with Crippen LogP contribution in [0, 0.1) is 5.82 Å². The van der Waals surface area contributed by atoms with Gasteiger partial charge in [0.25, 0.3) is 0 Å². The van der Waals surface area contributed by atoms with Gasteiger partial charge < -0.3 is 10.1 Å². The highest BCUT2D eigenvalue weighted by atomic mass is 32.2. The molecule has 0 aliphatic carbocycles. The van der Waals surface area contributed by atoms with Crippen molar-refractivity contribution in [3.05, 3.63) is 54.3 Å². The Balaban J connectivity index is 1.88. The number of carbonyl (C=O) groups is 1. The van der Waals surface area contributed by atoms with Crippen LogP contribution in [-0.4, -0.2) is 27.5 Å². The largest absolute Gasteiger partial charge is 0.491 e. The molecule has 0 saturated carbocycles. The summed E-state index contributed by atoms with van der Waals surface area (Å²) in [6.45, 7) is 2.43. The minimum Gasteiger partial charge on any atom is -0.491 e. The third-order valence-corrected chi connectivity index (χ3v) is 4.87. The van der Waals surface area contributed by atoms with Gasteiger partial charge in [-0.2, -0.15) is 0 Å². The van der Waals surface area contributed by atoms with Crippen molar-refractivity contribution >= 4 is 21.6 Å². The van der Waals surface area contributed by atoms with Crippen molar-refractivity contribution in [1.29, 1.82) is 0 Å². The Morgan fingerprint density at radius 2 is 1.81 bits per heavy atom. The first-order valence-corrected chi connectivity index (χ1v) is 9.67. The Labute approximate surface area is 152 Å². The van der Waals surface area contributed by atoms with Crippen LogP contribution in [0.15, 0.2) is 53.4 Å². The van der Waals surface area contributed by atoms with E-state index in [2.05, 4.69) is 10.0 Å². The maximum Gasteiger partial charge on any atom is 0.240 e. The summed E-state index contributed by atoms with van der Waals surface area (Å²) >= 11 is 0. The average molecular weight is 380 g/mol. The van der Waals surface area contributed by atoms with Gasteiger partial charge in [-0.1, -0.05) is 19.1 Å². The van der Waals surface area contributed by atoms with Crippen molar-refractivity contribution in [3.63, 3.8) is 0 Å². The first-order chi connectivity index (χ1) is 12.4. The van der Waals surface area contributed by atoms with Crippen LogP contribution in [-0.2, 0) is 14.8 Å². The van der Waals surface area contributed by atoms with Crippen molar-refractivity contribution in [2.75, 3.05) is 18.5 Å². The van der Waals surface area contributed by atoms with Crippen LogP contribution in [0.5, 0.6) is 5.75 Å². The molecule has 0 spiro atoms. The quantitative estimate of drug-likeness (QED) is 0.701.